The monoisotopic (exact) mass is 345 g/mol. The molecule has 0 N–H and O–H groups in total. The van der Waals surface area contributed by atoms with Crippen LogP contribution in [0.4, 0.5) is 0 Å². The van der Waals surface area contributed by atoms with E-state index in [2.05, 4.69) is 60.5 Å². The first-order valence-electron chi connectivity index (χ1n) is 5.14. The van der Waals surface area contributed by atoms with Gasteiger partial charge in [-0.25, -0.2) is 0 Å². The predicted octanol–water partition coefficient (Wildman–Crippen LogP) is 4.79. The van der Waals surface area contributed by atoms with Gasteiger partial charge in [-0.05, 0) is 46.9 Å². The lowest BCUT2D eigenvalue weighted by Crippen LogP contribution is -2.13. The van der Waals surface area contributed by atoms with Gasteiger partial charge in [-0.1, -0.05) is 32.4 Å². The molecule has 2 rings (SSSR count). The van der Waals surface area contributed by atoms with Crippen LogP contribution in [0, 0.1) is 3.57 Å². The van der Waals surface area contributed by atoms with Crippen molar-refractivity contribution in [3.05, 3.63) is 38.6 Å². The minimum Gasteiger partial charge on any atom is -0.252 e. The third-order valence-electron chi connectivity index (χ3n) is 2.49. The summed E-state index contributed by atoms with van der Waals surface area (Å²) >= 11 is 8.58. The third-order valence-corrected chi connectivity index (χ3v) is 3.47. The Kier molecular flexibility index (Phi) is 3.14. The molecule has 84 valence electrons. The van der Waals surface area contributed by atoms with E-state index < -0.39 is 0 Å². The van der Waals surface area contributed by atoms with Gasteiger partial charge >= 0.3 is 0 Å². The number of hydrogen-bond acceptors (Lipinski definition) is 1. The largest absolute Gasteiger partial charge is 0.252 e. The lowest BCUT2D eigenvalue weighted by atomic mass is 9.91. The van der Waals surface area contributed by atoms with E-state index in [1.54, 1.807) is 0 Å². The minimum absolute atomic E-state index is 0.0286. The van der Waals surface area contributed by atoms with Crippen molar-refractivity contribution in [3.63, 3.8) is 0 Å². The van der Waals surface area contributed by atoms with Crippen LogP contribution in [0.25, 0.3) is 10.9 Å². The zero-order valence-electron chi connectivity index (χ0n) is 9.51. The van der Waals surface area contributed by atoms with Crippen molar-refractivity contribution in [2.75, 3.05) is 0 Å². The molecule has 1 nitrogen and oxygen atoms in total. The molecule has 1 aromatic carbocycles. The molecule has 0 aliphatic rings. The molecular weight excluding hydrogens is 333 g/mol. The molecule has 1 heterocycles. The van der Waals surface area contributed by atoms with Crippen molar-refractivity contribution < 1.29 is 0 Å². The summed E-state index contributed by atoms with van der Waals surface area (Å²) in [6.07, 6.45) is 0. The summed E-state index contributed by atoms with van der Waals surface area (Å²) in [5, 5.41) is 1.81. The second kappa shape index (κ2) is 4.15. The number of aromatic nitrogens is 1. The smallest absolute Gasteiger partial charge is 0.0721 e. The second-order valence-electron chi connectivity index (χ2n) is 4.90. The first kappa shape index (κ1) is 12.1. The zero-order valence-corrected chi connectivity index (χ0v) is 12.4. The normalized spacial score (nSPS) is 12.1. The van der Waals surface area contributed by atoms with Gasteiger partial charge in [-0.3, -0.25) is 4.98 Å². The summed E-state index contributed by atoms with van der Waals surface area (Å²) < 4.78 is 1.18. The van der Waals surface area contributed by atoms with Crippen LogP contribution < -0.4 is 0 Å². The molecule has 0 spiro atoms. The van der Waals surface area contributed by atoms with Crippen molar-refractivity contribution in [2.45, 2.75) is 26.2 Å². The maximum absolute atomic E-state index is 6.30. The molecule has 0 saturated carbocycles. The maximum Gasteiger partial charge on any atom is 0.0721 e. The SMILES string of the molecule is CC(C)(C)c1cc(Cl)c2cc(I)ccc2n1. The van der Waals surface area contributed by atoms with Gasteiger partial charge in [0.05, 0.1) is 10.5 Å². The van der Waals surface area contributed by atoms with E-state index >= 15 is 0 Å². The van der Waals surface area contributed by atoms with Gasteiger partial charge in [0.25, 0.3) is 0 Å². The molecule has 0 atom stereocenters. The van der Waals surface area contributed by atoms with Gasteiger partial charge in [0.15, 0.2) is 0 Å². The van der Waals surface area contributed by atoms with Crippen molar-refractivity contribution in [2.24, 2.45) is 0 Å². The molecule has 0 aliphatic heterocycles. The van der Waals surface area contributed by atoms with Crippen LogP contribution in [-0.4, -0.2) is 4.98 Å². The Labute approximate surface area is 114 Å². The Morgan fingerprint density at radius 3 is 2.50 bits per heavy atom. The third kappa shape index (κ3) is 2.33. The van der Waals surface area contributed by atoms with Crippen molar-refractivity contribution in [1.82, 2.24) is 4.98 Å². The molecule has 0 fully saturated rings. The minimum atomic E-state index is 0.0286. The summed E-state index contributed by atoms with van der Waals surface area (Å²) in [7, 11) is 0. The Morgan fingerprint density at radius 2 is 1.88 bits per heavy atom. The number of hydrogen-bond donors (Lipinski definition) is 0. The van der Waals surface area contributed by atoms with Gasteiger partial charge < -0.3 is 0 Å². The number of rotatable bonds is 0. The predicted molar refractivity (Wildman–Crippen MR) is 78.2 cm³/mol. The first-order chi connectivity index (χ1) is 7.38. The van der Waals surface area contributed by atoms with Gasteiger partial charge in [-0.2, -0.15) is 0 Å². The van der Waals surface area contributed by atoms with Crippen LogP contribution in [-0.2, 0) is 5.41 Å². The summed E-state index contributed by atoms with van der Waals surface area (Å²) in [6.45, 7) is 6.43. The highest BCUT2D eigenvalue weighted by Gasteiger charge is 2.17. The van der Waals surface area contributed by atoms with E-state index in [1.165, 1.54) is 3.57 Å². The van der Waals surface area contributed by atoms with Gasteiger partial charge in [0.2, 0.25) is 0 Å². The van der Waals surface area contributed by atoms with E-state index in [4.69, 9.17) is 11.6 Å². The molecule has 0 bridgehead atoms. The van der Waals surface area contributed by atoms with E-state index in [-0.39, 0.29) is 5.41 Å². The zero-order chi connectivity index (χ0) is 11.9. The summed E-state index contributed by atoms with van der Waals surface area (Å²) in [5.41, 5.74) is 2.03. The van der Waals surface area contributed by atoms with E-state index in [0.29, 0.717) is 0 Å². The average molecular weight is 346 g/mol. The average Bonchev–Trinajstić information content (AvgIpc) is 2.17. The van der Waals surface area contributed by atoms with Gasteiger partial charge in [0, 0.05) is 20.1 Å². The number of fused-ring (bicyclic) bond motifs is 1. The van der Waals surface area contributed by atoms with Crippen molar-refractivity contribution in [1.29, 1.82) is 0 Å². The molecule has 0 unspecified atom stereocenters. The van der Waals surface area contributed by atoms with Crippen LogP contribution in [0.3, 0.4) is 0 Å². The van der Waals surface area contributed by atoms with Gasteiger partial charge in [0.1, 0.15) is 0 Å². The quantitative estimate of drug-likeness (QED) is 0.626. The van der Waals surface area contributed by atoms with Crippen LogP contribution >= 0.6 is 34.2 Å². The lowest BCUT2D eigenvalue weighted by molar-refractivity contribution is 0.571. The standard InChI is InChI=1S/C13H13ClIN/c1-13(2,3)12-7-10(14)9-6-8(15)4-5-11(9)16-12/h4-7H,1-3H3. The maximum atomic E-state index is 6.30. The molecule has 0 saturated heterocycles. The molecule has 16 heavy (non-hydrogen) atoms. The molecule has 3 heteroatoms. The van der Waals surface area contributed by atoms with Gasteiger partial charge in [-0.15, -0.1) is 0 Å². The van der Waals surface area contributed by atoms with Crippen molar-refractivity contribution >= 4 is 45.1 Å². The summed E-state index contributed by atoms with van der Waals surface area (Å²) in [4.78, 5) is 4.66. The first-order valence-corrected chi connectivity index (χ1v) is 6.60. The Morgan fingerprint density at radius 1 is 1.19 bits per heavy atom. The molecular formula is C13H13ClIN. The molecule has 0 radical (unpaired) electrons. The fraction of sp³-hybridized carbons (Fsp3) is 0.308. The van der Waals surface area contributed by atoms with E-state index in [0.717, 1.165) is 21.6 Å². The topological polar surface area (TPSA) is 12.9 Å². The lowest BCUT2D eigenvalue weighted by Gasteiger charge is -2.18. The van der Waals surface area contributed by atoms with Crippen LogP contribution in [0.15, 0.2) is 24.3 Å². The molecule has 1 aromatic heterocycles. The highest BCUT2D eigenvalue weighted by atomic mass is 127. The molecule has 0 aliphatic carbocycles. The van der Waals surface area contributed by atoms with E-state index in [9.17, 15) is 0 Å². The van der Waals surface area contributed by atoms with Crippen molar-refractivity contribution in [3.8, 4) is 0 Å². The Bertz CT molecular complexity index is 543. The van der Waals surface area contributed by atoms with Crippen LogP contribution in [0.2, 0.25) is 5.02 Å². The number of nitrogens with zero attached hydrogens (tertiary/aromatic N) is 1. The van der Waals surface area contributed by atoms with Crippen LogP contribution in [0.1, 0.15) is 26.5 Å². The number of benzene rings is 1. The number of halogens is 2. The highest BCUT2D eigenvalue weighted by molar-refractivity contribution is 14.1. The Hall–Kier alpha value is -0.350. The highest BCUT2D eigenvalue weighted by Crippen LogP contribution is 2.29. The Balaban J connectivity index is 2.74. The summed E-state index contributed by atoms with van der Waals surface area (Å²) in [5.74, 6) is 0. The number of pyridine rings is 1. The van der Waals surface area contributed by atoms with E-state index in [1.807, 2.05) is 12.1 Å². The van der Waals surface area contributed by atoms with Crippen LogP contribution in [0.5, 0.6) is 0 Å². The fourth-order valence-electron chi connectivity index (χ4n) is 1.54. The summed E-state index contributed by atoms with van der Waals surface area (Å²) in [6, 6.07) is 8.12. The molecule has 2 aromatic rings. The molecule has 0 amide bonds. The fourth-order valence-corrected chi connectivity index (χ4v) is 2.29. The second-order valence-corrected chi connectivity index (χ2v) is 6.55.